The highest BCUT2D eigenvalue weighted by Gasteiger charge is 2.22. The molecule has 0 spiro atoms. The van der Waals surface area contributed by atoms with Crippen LogP contribution in [0.5, 0.6) is 0 Å². The maximum absolute atomic E-state index is 12.5. The summed E-state index contributed by atoms with van der Waals surface area (Å²) in [5.74, 6) is 0. The third-order valence-electron chi connectivity index (χ3n) is 3.38. The van der Waals surface area contributed by atoms with Crippen LogP contribution in [0.15, 0.2) is 41.4 Å². The maximum atomic E-state index is 12.5. The number of aryl methyl sites for hydroxylation is 2. The van der Waals surface area contributed by atoms with Crippen molar-refractivity contribution in [3.05, 3.63) is 53.3 Å². The van der Waals surface area contributed by atoms with Crippen LogP contribution in [0.4, 0.5) is 5.69 Å². The molecule has 21 heavy (non-hydrogen) atoms. The third-order valence-corrected chi connectivity index (χ3v) is 4.98. The number of anilines is 1. The highest BCUT2D eigenvalue weighted by atomic mass is 32.2. The number of nitrogens with two attached hydrogens (primary N) is 1. The van der Waals surface area contributed by atoms with E-state index < -0.39 is 16.1 Å². The van der Waals surface area contributed by atoms with Crippen LogP contribution in [0.25, 0.3) is 0 Å². The van der Waals surface area contributed by atoms with Gasteiger partial charge >= 0.3 is 0 Å². The molecule has 5 nitrogen and oxygen atoms in total. The zero-order valence-electron chi connectivity index (χ0n) is 12.3. The first-order valence-electron chi connectivity index (χ1n) is 6.61. The molecule has 112 valence electrons. The summed E-state index contributed by atoms with van der Waals surface area (Å²) < 4.78 is 27.6. The van der Waals surface area contributed by atoms with Gasteiger partial charge in [-0.05, 0) is 56.2 Å². The first-order chi connectivity index (χ1) is 9.81. The topological polar surface area (TPSA) is 85.1 Å². The number of nitrogen functional groups attached to an aromatic ring is 1. The molecule has 0 saturated carbocycles. The van der Waals surface area contributed by atoms with E-state index in [1.807, 2.05) is 19.9 Å². The Kier molecular flexibility index (Phi) is 4.29. The molecular formula is C15H19N3O2S. The molecule has 0 aliphatic rings. The fourth-order valence-corrected chi connectivity index (χ4v) is 3.45. The lowest BCUT2D eigenvalue weighted by Gasteiger charge is -2.16. The van der Waals surface area contributed by atoms with Gasteiger partial charge in [-0.15, -0.1) is 0 Å². The molecule has 0 fully saturated rings. The highest BCUT2D eigenvalue weighted by molar-refractivity contribution is 7.89. The molecule has 2 aromatic rings. The molecule has 1 unspecified atom stereocenters. The third kappa shape index (κ3) is 3.40. The van der Waals surface area contributed by atoms with Crippen LogP contribution in [0.2, 0.25) is 0 Å². The van der Waals surface area contributed by atoms with E-state index in [0.717, 1.165) is 11.1 Å². The Morgan fingerprint density at radius 3 is 2.48 bits per heavy atom. The number of rotatable bonds is 4. The minimum Gasteiger partial charge on any atom is -0.398 e. The smallest absolute Gasteiger partial charge is 0.243 e. The molecule has 1 heterocycles. The zero-order chi connectivity index (χ0) is 15.6. The summed E-state index contributed by atoms with van der Waals surface area (Å²) in [5.41, 5.74) is 8.61. The second-order valence-electron chi connectivity index (χ2n) is 5.07. The van der Waals surface area contributed by atoms with Crippen LogP contribution in [-0.4, -0.2) is 13.4 Å². The zero-order valence-corrected chi connectivity index (χ0v) is 13.1. The quantitative estimate of drug-likeness (QED) is 0.849. The number of sulfonamides is 1. The molecule has 3 N–H and O–H groups in total. The first kappa shape index (κ1) is 15.5. The number of benzene rings is 1. The van der Waals surface area contributed by atoms with E-state index in [4.69, 9.17) is 5.73 Å². The Labute approximate surface area is 125 Å². The fraction of sp³-hybridized carbons (Fsp3) is 0.267. The van der Waals surface area contributed by atoms with Crippen molar-refractivity contribution in [1.29, 1.82) is 0 Å². The average Bonchev–Trinajstić information content (AvgIpc) is 2.43. The van der Waals surface area contributed by atoms with Crippen molar-refractivity contribution in [2.24, 2.45) is 0 Å². The molecule has 2 rings (SSSR count). The van der Waals surface area contributed by atoms with E-state index >= 15 is 0 Å². The van der Waals surface area contributed by atoms with Gasteiger partial charge in [0.05, 0.1) is 17.4 Å². The maximum Gasteiger partial charge on any atom is 0.243 e. The summed E-state index contributed by atoms with van der Waals surface area (Å²) in [6.45, 7) is 5.50. The van der Waals surface area contributed by atoms with Crippen molar-refractivity contribution in [3.63, 3.8) is 0 Å². The summed E-state index contributed by atoms with van der Waals surface area (Å²) >= 11 is 0. The Morgan fingerprint density at radius 1 is 1.19 bits per heavy atom. The summed E-state index contributed by atoms with van der Waals surface area (Å²) in [6.07, 6.45) is 1.63. The highest BCUT2D eigenvalue weighted by Crippen LogP contribution is 2.24. The van der Waals surface area contributed by atoms with Crippen molar-refractivity contribution in [1.82, 2.24) is 9.71 Å². The van der Waals surface area contributed by atoms with Crippen LogP contribution in [0, 0.1) is 13.8 Å². The SMILES string of the molecule is Cc1cc(N)c(S(=O)(=O)NC(C)c2ccccn2)cc1C. The molecule has 0 amide bonds. The molecule has 1 aromatic heterocycles. The molecule has 6 heteroatoms. The van der Waals surface area contributed by atoms with E-state index in [2.05, 4.69) is 9.71 Å². The number of pyridine rings is 1. The summed E-state index contributed by atoms with van der Waals surface area (Å²) in [6, 6.07) is 8.21. The Morgan fingerprint density at radius 2 is 1.86 bits per heavy atom. The van der Waals surface area contributed by atoms with Crippen LogP contribution in [-0.2, 0) is 10.0 Å². The van der Waals surface area contributed by atoms with Gasteiger partial charge in [0.1, 0.15) is 4.90 Å². The molecule has 0 aliphatic carbocycles. The Hall–Kier alpha value is -1.92. The van der Waals surface area contributed by atoms with Gasteiger partial charge in [0.15, 0.2) is 0 Å². The Balaban J connectivity index is 2.33. The molecule has 1 atom stereocenters. The van der Waals surface area contributed by atoms with E-state index in [9.17, 15) is 8.42 Å². The predicted octanol–water partition coefficient (Wildman–Crippen LogP) is 2.32. The number of nitrogens with one attached hydrogen (secondary N) is 1. The number of hydrogen-bond acceptors (Lipinski definition) is 4. The second kappa shape index (κ2) is 5.83. The van der Waals surface area contributed by atoms with Gasteiger partial charge in [-0.25, -0.2) is 13.1 Å². The fourth-order valence-electron chi connectivity index (χ4n) is 2.03. The summed E-state index contributed by atoms with van der Waals surface area (Å²) in [4.78, 5) is 4.26. The van der Waals surface area contributed by atoms with Gasteiger partial charge in [0.25, 0.3) is 0 Å². The van der Waals surface area contributed by atoms with Gasteiger partial charge in [-0.3, -0.25) is 4.98 Å². The van der Waals surface area contributed by atoms with Crippen LogP contribution in [0.3, 0.4) is 0 Å². The Bertz CT molecular complexity index is 743. The minimum atomic E-state index is -3.69. The van der Waals surface area contributed by atoms with E-state index in [1.165, 1.54) is 0 Å². The molecule has 0 radical (unpaired) electrons. The van der Waals surface area contributed by atoms with Crippen molar-refractivity contribution < 1.29 is 8.42 Å². The second-order valence-corrected chi connectivity index (χ2v) is 6.75. The van der Waals surface area contributed by atoms with E-state index in [1.54, 1.807) is 37.4 Å². The lowest BCUT2D eigenvalue weighted by molar-refractivity contribution is 0.564. The van der Waals surface area contributed by atoms with Gasteiger partial charge in [-0.1, -0.05) is 6.07 Å². The van der Waals surface area contributed by atoms with Gasteiger partial charge < -0.3 is 5.73 Å². The number of nitrogens with zero attached hydrogens (tertiary/aromatic N) is 1. The van der Waals surface area contributed by atoms with E-state index in [0.29, 0.717) is 5.69 Å². The first-order valence-corrected chi connectivity index (χ1v) is 8.09. The average molecular weight is 305 g/mol. The summed E-state index contributed by atoms with van der Waals surface area (Å²) in [7, 11) is -3.69. The van der Waals surface area contributed by atoms with Gasteiger partial charge in [-0.2, -0.15) is 0 Å². The monoisotopic (exact) mass is 305 g/mol. The van der Waals surface area contributed by atoms with Gasteiger partial charge in [0.2, 0.25) is 10.0 Å². The molecular weight excluding hydrogens is 286 g/mol. The molecule has 0 bridgehead atoms. The number of hydrogen-bond donors (Lipinski definition) is 2. The number of aromatic nitrogens is 1. The van der Waals surface area contributed by atoms with Gasteiger partial charge in [0, 0.05) is 6.20 Å². The predicted molar refractivity (Wildman–Crippen MR) is 83.3 cm³/mol. The molecule has 1 aromatic carbocycles. The lowest BCUT2D eigenvalue weighted by Crippen LogP contribution is -2.28. The summed E-state index contributed by atoms with van der Waals surface area (Å²) in [5, 5.41) is 0. The normalized spacial score (nSPS) is 13.1. The van der Waals surface area contributed by atoms with Crippen molar-refractivity contribution in [2.75, 3.05) is 5.73 Å². The van der Waals surface area contributed by atoms with Crippen molar-refractivity contribution >= 4 is 15.7 Å². The largest absolute Gasteiger partial charge is 0.398 e. The van der Waals surface area contributed by atoms with E-state index in [-0.39, 0.29) is 10.6 Å². The lowest BCUT2D eigenvalue weighted by atomic mass is 10.1. The van der Waals surface area contributed by atoms with Crippen LogP contribution in [0.1, 0.15) is 29.8 Å². The molecule has 0 aliphatic heterocycles. The van der Waals surface area contributed by atoms with Crippen molar-refractivity contribution in [3.8, 4) is 0 Å². The van der Waals surface area contributed by atoms with Crippen molar-refractivity contribution in [2.45, 2.75) is 31.7 Å². The van der Waals surface area contributed by atoms with Crippen LogP contribution >= 0.6 is 0 Å². The van der Waals surface area contributed by atoms with Crippen LogP contribution < -0.4 is 10.5 Å². The molecule has 0 saturated heterocycles. The minimum absolute atomic E-state index is 0.105. The standard InChI is InChI=1S/C15H19N3O2S/c1-10-8-13(16)15(9-11(10)2)21(19,20)18-12(3)14-6-4-5-7-17-14/h4-9,12,18H,16H2,1-3H3.